The summed E-state index contributed by atoms with van der Waals surface area (Å²) in [5.41, 5.74) is -0.632. The molecule has 0 radical (unpaired) electrons. The van der Waals surface area contributed by atoms with E-state index >= 15 is 0 Å². The average molecular weight is 322 g/mol. The first-order chi connectivity index (χ1) is 9.38. The van der Waals surface area contributed by atoms with Crippen LogP contribution in [0.5, 0.6) is 0 Å². The van der Waals surface area contributed by atoms with Crippen molar-refractivity contribution in [2.24, 2.45) is 0 Å². The van der Waals surface area contributed by atoms with Gasteiger partial charge >= 0.3 is 6.18 Å². The predicted octanol–water partition coefficient (Wildman–Crippen LogP) is 4.57. The lowest BCUT2D eigenvalue weighted by Crippen LogP contribution is -2.12. The Kier molecular flexibility index (Phi) is 4.57. The molecule has 1 aromatic carbocycles. The quantitative estimate of drug-likeness (QED) is 0.865. The average Bonchev–Trinajstić information content (AvgIpc) is 2.90. The zero-order chi connectivity index (χ0) is 14.8. The largest absolute Gasteiger partial charge is 0.417 e. The topological polar surface area (TPSA) is 32.3 Å². The minimum atomic E-state index is -4.50. The van der Waals surface area contributed by atoms with Gasteiger partial charge in [-0.05, 0) is 29.6 Å². The molecule has 0 fully saturated rings. The minimum absolute atomic E-state index is 0.124. The molecule has 0 saturated carbocycles. The molecule has 1 heterocycles. The van der Waals surface area contributed by atoms with E-state index in [9.17, 15) is 18.3 Å². The summed E-state index contributed by atoms with van der Waals surface area (Å²) in [6.07, 6.45) is -5.26. The Hall–Kier alpha value is -1.24. The van der Waals surface area contributed by atoms with Crippen LogP contribution in [0.2, 0.25) is 5.02 Å². The Balaban J connectivity index is 2.07. The number of hydrogen-bond acceptors (Lipinski definition) is 3. The van der Waals surface area contributed by atoms with Crippen LogP contribution in [0.3, 0.4) is 0 Å². The smallest absolute Gasteiger partial charge is 0.386 e. The van der Waals surface area contributed by atoms with Crippen LogP contribution in [0.25, 0.3) is 0 Å². The Bertz CT molecular complexity index is 571. The lowest BCUT2D eigenvalue weighted by Gasteiger charge is -2.14. The predicted molar refractivity (Wildman–Crippen MR) is 74.2 cm³/mol. The van der Waals surface area contributed by atoms with E-state index in [0.29, 0.717) is 0 Å². The summed E-state index contributed by atoms with van der Waals surface area (Å²) >= 11 is 6.91. The van der Waals surface area contributed by atoms with Gasteiger partial charge in [0.05, 0.1) is 10.6 Å². The highest BCUT2D eigenvalue weighted by molar-refractivity contribution is 7.10. The van der Waals surface area contributed by atoms with Crippen molar-refractivity contribution in [2.75, 3.05) is 11.9 Å². The fourth-order valence-electron chi connectivity index (χ4n) is 1.65. The van der Waals surface area contributed by atoms with Gasteiger partial charge in [-0.2, -0.15) is 13.2 Å². The molecule has 0 saturated heterocycles. The van der Waals surface area contributed by atoms with E-state index in [1.54, 1.807) is 12.1 Å². The number of hydrogen-bond donors (Lipinski definition) is 2. The fraction of sp³-hybridized carbons (Fsp3) is 0.231. The molecule has 0 spiro atoms. The number of thiophene rings is 1. The minimum Gasteiger partial charge on any atom is -0.386 e. The SMILES string of the molecule is OC(CNc1ccc(Cl)c(C(F)(F)F)c1)c1cccs1. The lowest BCUT2D eigenvalue weighted by molar-refractivity contribution is -0.137. The zero-order valence-corrected chi connectivity index (χ0v) is 11.7. The van der Waals surface area contributed by atoms with Crippen molar-refractivity contribution in [1.29, 1.82) is 0 Å². The fourth-order valence-corrected chi connectivity index (χ4v) is 2.58. The maximum atomic E-state index is 12.7. The van der Waals surface area contributed by atoms with Crippen molar-refractivity contribution in [2.45, 2.75) is 12.3 Å². The van der Waals surface area contributed by atoms with Gasteiger partial charge in [0.15, 0.2) is 0 Å². The summed E-state index contributed by atoms with van der Waals surface area (Å²) in [5, 5.41) is 14.1. The van der Waals surface area contributed by atoms with Crippen LogP contribution in [0.15, 0.2) is 35.7 Å². The zero-order valence-electron chi connectivity index (χ0n) is 10.1. The van der Waals surface area contributed by atoms with Gasteiger partial charge in [-0.25, -0.2) is 0 Å². The van der Waals surface area contributed by atoms with Crippen molar-refractivity contribution in [3.05, 3.63) is 51.2 Å². The van der Waals surface area contributed by atoms with E-state index in [1.165, 1.54) is 23.5 Å². The molecule has 0 aliphatic rings. The van der Waals surface area contributed by atoms with Crippen molar-refractivity contribution >= 4 is 28.6 Å². The van der Waals surface area contributed by atoms with Gasteiger partial charge in [0.1, 0.15) is 6.10 Å². The van der Waals surface area contributed by atoms with Crippen LogP contribution in [0.1, 0.15) is 16.5 Å². The summed E-state index contributed by atoms with van der Waals surface area (Å²) in [6.45, 7) is 0.124. The third kappa shape index (κ3) is 3.65. The Morgan fingerprint density at radius 1 is 1.30 bits per heavy atom. The summed E-state index contributed by atoms with van der Waals surface area (Å²) < 4.78 is 38.1. The number of aliphatic hydroxyl groups is 1. The van der Waals surface area contributed by atoms with Gasteiger partial charge in [-0.3, -0.25) is 0 Å². The molecule has 0 amide bonds. The maximum absolute atomic E-state index is 12.7. The second-order valence-electron chi connectivity index (χ2n) is 4.10. The van der Waals surface area contributed by atoms with Crippen molar-refractivity contribution in [3.8, 4) is 0 Å². The number of nitrogens with one attached hydrogen (secondary N) is 1. The summed E-state index contributed by atoms with van der Waals surface area (Å²) in [4.78, 5) is 0.752. The third-order valence-electron chi connectivity index (χ3n) is 2.64. The molecule has 1 aromatic heterocycles. The first-order valence-corrected chi connectivity index (χ1v) is 6.96. The molecule has 108 valence electrons. The summed E-state index contributed by atoms with van der Waals surface area (Å²) in [6, 6.07) is 7.12. The summed E-state index contributed by atoms with van der Waals surface area (Å²) in [7, 11) is 0. The number of halogens is 4. The van der Waals surface area contributed by atoms with E-state index in [2.05, 4.69) is 5.32 Å². The number of alkyl halides is 3. The van der Waals surface area contributed by atoms with Gasteiger partial charge in [0, 0.05) is 17.1 Å². The van der Waals surface area contributed by atoms with E-state index in [4.69, 9.17) is 11.6 Å². The van der Waals surface area contributed by atoms with Crippen molar-refractivity contribution in [1.82, 2.24) is 0 Å². The Morgan fingerprint density at radius 3 is 2.65 bits per heavy atom. The molecule has 1 unspecified atom stereocenters. The van der Waals surface area contributed by atoms with Crippen molar-refractivity contribution < 1.29 is 18.3 Å². The standard InChI is InChI=1S/C13H11ClF3NOS/c14-10-4-3-8(6-9(10)13(15,16)17)18-7-11(19)12-2-1-5-20-12/h1-6,11,18-19H,7H2. The van der Waals surface area contributed by atoms with E-state index in [0.717, 1.165) is 10.9 Å². The molecule has 2 N–H and O–H groups in total. The van der Waals surface area contributed by atoms with Gasteiger partial charge in [0.2, 0.25) is 0 Å². The Morgan fingerprint density at radius 2 is 2.05 bits per heavy atom. The van der Waals surface area contributed by atoms with Crippen LogP contribution < -0.4 is 5.32 Å². The van der Waals surface area contributed by atoms with Crippen molar-refractivity contribution in [3.63, 3.8) is 0 Å². The molecule has 0 aliphatic heterocycles. The van der Waals surface area contributed by atoms with E-state index in [1.807, 2.05) is 5.38 Å². The third-order valence-corrected chi connectivity index (χ3v) is 3.95. The van der Waals surface area contributed by atoms with Gasteiger partial charge in [0.25, 0.3) is 0 Å². The van der Waals surface area contributed by atoms with Gasteiger partial charge < -0.3 is 10.4 Å². The number of anilines is 1. The summed E-state index contributed by atoms with van der Waals surface area (Å²) in [5.74, 6) is 0. The number of aliphatic hydroxyl groups excluding tert-OH is 1. The maximum Gasteiger partial charge on any atom is 0.417 e. The monoisotopic (exact) mass is 321 g/mol. The molecule has 2 nitrogen and oxygen atoms in total. The Labute approximate surface area is 122 Å². The first kappa shape index (κ1) is 15.2. The van der Waals surface area contributed by atoms with E-state index < -0.39 is 17.8 Å². The molecule has 0 aliphatic carbocycles. The normalized spacial score (nSPS) is 13.2. The molecular formula is C13H11ClF3NOS. The van der Waals surface area contributed by atoms with Crippen LogP contribution in [0.4, 0.5) is 18.9 Å². The molecular weight excluding hydrogens is 311 g/mol. The molecule has 1 atom stereocenters. The molecule has 20 heavy (non-hydrogen) atoms. The van der Waals surface area contributed by atoms with Crippen LogP contribution in [-0.4, -0.2) is 11.7 Å². The van der Waals surface area contributed by atoms with E-state index in [-0.39, 0.29) is 17.3 Å². The lowest BCUT2D eigenvalue weighted by atomic mass is 10.2. The second-order valence-corrected chi connectivity index (χ2v) is 5.49. The highest BCUT2D eigenvalue weighted by Gasteiger charge is 2.33. The second kappa shape index (κ2) is 6.03. The molecule has 2 aromatic rings. The van der Waals surface area contributed by atoms with Crippen LogP contribution in [-0.2, 0) is 6.18 Å². The highest BCUT2D eigenvalue weighted by Crippen LogP contribution is 2.36. The van der Waals surface area contributed by atoms with Crippen LogP contribution >= 0.6 is 22.9 Å². The van der Waals surface area contributed by atoms with Crippen LogP contribution in [0, 0.1) is 0 Å². The van der Waals surface area contributed by atoms with Gasteiger partial charge in [-0.15, -0.1) is 11.3 Å². The van der Waals surface area contributed by atoms with Gasteiger partial charge in [-0.1, -0.05) is 17.7 Å². The first-order valence-electron chi connectivity index (χ1n) is 5.70. The molecule has 2 rings (SSSR count). The molecule has 0 bridgehead atoms. The molecule has 7 heteroatoms. The number of rotatable bonds is 4. The highest BCUT2D eigenvalue weighted by atomic mass is 35.5. The number of benzene rings is 1.